The summed E-state index contributed by atoms with van der Waals surface area (Å²) in [6.07, 6.45) is 3.99. The molecule has 1 N–H and O–H groups in total. The first kappa shape index (κ1) is 18.4. The molecule has 0 spiro atoms. The van der Waals surface area contributed by atoms with Crippen LogP contribution in [0.3, 0.4) is 0 Å². The highest BCUT2D eigenvalue weighted by atomic mass is 19.1. The smallest absolute Gasteiger partial charge is 0.408 e. The largest absolute Gasteiger partial charge is 0.439 e. The molecule has 2 heterocycles. The first-order chi connectivity index (χ1) is 13.1. The van der Waals surface area contributed by atoms with Crippen LogP contribution in [0.25, 0.3) is 5.57 Å². The monoisotopic (exact) mass is 373 g/mol. The molecule has 2 aromatic rings. The van der Waals surface area contributed by atoms with E-state index in [2.05, 4.69) is 15.3 Å². The molecule has 3 rings (SSSR count). The number of halogens is 3. The summed E-state index contributed by atoms with van der Waals surface area (Å²) in [7, 11) is 0. The summed E-state index contributed by atoms with van der Waals surface area (Å²) in [5.74, 6) is -1.08. The number of aromatic nitrogens is 1. The first-order valence-electron chi connectivity index (χ1n) is 7.92. The maximum Gasteiger partial charge on any atom is 0.408 e. The number of ether oxygens (including phenoxy) is 1. The molecule has 27 heavy (non-hydrogen) atoms. The van der Waals surface area contributed by atoms with Crippen LogP contribution in [0.4, 0.5) is 18.0 Å². The van der Waals surface area contributed by atoms with Crippen LogP contribution in [0.2, 0.25) is 0 Å². The lowest BCUT2D eigenvalue weighted by Crippen LogP contribution is -2.25. The quantitative estimate of drug-likeness (QED) is 0.634. The lowest BCUT2D eigenvalue weighted by molar-refractivity contribution is 0.136. The van der Waals surface area contributed by atoms with Gasteiger partial charge in [-0.3, -0.25) is 4.98 Å². The number of carbonyl (C=O) groups is 1. The maximum absolute atomic E-state index is 14.0. The number of alkyl carbamates (subject to hydrolysis) is 1. The molecule has 138 valence electrons. The van der Waals surface area contributed by atoms with Crippen molar-refractivity contribution in [3.05, 3.63) is 83.8 Å². The number of rotatable bonds is 5. The second-order valence-corrected chi connectivity index (χ2v) is 5.58. The predicted octanol–water partition coefficient (Wildman–Crippen LogP) is 4.10. The van der Waals surface area contributed by atoms with Crippen molar-refractivity contribution in [2.24, 2.45) is 4.99 Å². The van der Waals surface area contributed by atoms with Gasteiger partial charge in [0.2, 0.25) is 0 Å². The summed E-state index contributed by atoms with van der Waals surface area (Å²) in [6, 6.07) is 7.64. The number of hydrogen-bond donors (Lipinski definition) is 1. The Bertz CT molecular complexity index is 928. The van der Waals surface area contributed by atoms with E-state index in [1.807, 2.05) is 0 Å². The molecule has 0 radical (unpaired) electrons. The first-order valence-corrected chi connectivity index (χ1v) is 7.92. The van der Waals surface area contributed by atoms with Crippen LogP contribution in [-0.2, 0) is 4.74 Å². The second-order valence-electron chi connectivity index (χ2n) is 5.58. The molecule has 8 heteroatoms. The Balaban J connectivity index is 1.91. The maximum atomic E-state index is 14.0. The number of hydrogen-bond acceptors (Lipinski definition) is 4. The number of carbonyl (C=O) groups excluding carboxylic acids is 1. The highest BCUT2D eigenvalue weighted by Gasteiger charge is 2.33. The Morgan fingerprint density at radius 2 is 2.11 bits per heavy atom. The summed E-state index contributed by atoms with van der Waals surface area (Å²) >= 11 is 0. The molecule has 0 saturated carbocycles. The number of nitrogens with zero attached hydrogens (tertiary/aromatic N) is 2. The highest BCUT2D eigenvalue weighted by molar-refractivity contribution is 5.74. The highest BCUT2D eigenvalue weighted by Crippen LogP contribution is 2.28. The van der Waals surface area contributed by atoms with Gasteiger partial charge in [-0.15, -0.1) is 0 Å². The van der Waals surface area contributed by atoms with Gasteiger partial charge >= 0.3 is 6.09 Å². The number of pyridine rings is 1. The average Bonchev–Trinajstić information content (AvgIpc) is 3.03. The van der Waals surface area contributed by atoms with Crippen molar-refractivity contribution in [2.75, 3.05) is 0 Å². The van der Waals surface area contributed by atoms with Gasteiger partial charge in [0.05, 0.1) is 6.04 Å². The van der Waals surface area contributed by atoms with E-state index in [1.54, 1.807) is 6.07 Å². The number of aliphatic imine (C=N–C) groups is 1. The molecular weight excluding hydrogens is 359 g/mol. The Kier molecular flexibility index (Phi) is 5.65. The standard InChI is InChI=1S/C19H14F3N3O2/c20-11-23-10-13(17-15(22)5-2-8-24-17)6-7-16-18(27-19(26)25-16)12-3-1-4-14(21)9-12/h1-11,16,18H,(H,25,26)/b7-6+,13-10+,23-11?/t16-,18-/m1/s1. The Hall–Kier alpha value is -3.42. The van der Waals surface area contributed by atoms with E-state index >= 15 is 0 Å². The zero-order valence-electron chi connectivity index (χ0n) is 13.9. The Morgan fingerprint density at radius 1 is 1.26 bits per heavy atom. The lowest BCUT2D eigenvalue weighted by Gasteiger charge is -2.14. The topological polar surface area (TPSA) is 63.6 Å². The molecule has 0 bridgehead atoms. The fraction of sp³-hybridized carbons (Fsp3) is 0.105. The number of cyclic esters (lactones) is 1. The van der Waals surface area contributed by atoms with E-state index < -0.39 is 29.9 Å². The van der Waals surface area contributed by atoms with Gasteiger partial charge < -0.3 is 10.1 Å². The number of allylic oxidation sites excluding steroid dienone is 2. The average molecular weight is 373 g/mol. The third-order valence-electron chi connectivity index (χ3n) is 3.81. The third-order valence-corrected chi connectivity index (χ3v) is 3.81. The SMILES string of the molecule is O=C1N[C@H](/C=C/C(=C\N=CF)c2ncccc2F)[C@@H](c2cccc(F)c2)O1. The van der Waals surface area contributed by atoms with Crippen LogP contribution in [0.5, 0.6) is 0 Å². The van der Waals surface area contributed by atoms with E-state index in [1.165, 1.54) is 48.7 Å². The molecule has 5 nitrogen and oxygen atoms in total. The molecule has 1 aromatic heterocycles. The molecule has 1 saturated heterocycles. The summed E-state index contributed by atoms with van der Waals surface area (Å²) in [4.78, 5) is 18.9. The van der Waals surface area contributed by atoms with Gasteiger partial charge in [-0.1, -0.05) is 24.3 Å². The second kappa shape index (κ2) is 8.31. The van der Waals surface area contributed by atoms with Crippen LogP contribution in [0.15, 0.2) is 65.9 Å². The lowest BCUT2D eigenvalue weighted by atomic mass is 10.0. The number of nitrogens with one attached hydrogen (secondary N) is 1. The predicted molar refractivity (Wildman–Crippen MR) is 93.5 cm³/mol. The normalized spacial score (nSPS) is 20.3. The molecule has 1 aromatic carbocycles. The molecule has 0 aliphatic carbocycles. The fourth-order valence-corrected chi connectivity index (χ4v) is 2.64. The minimum absolute atomic E-state index is 0.0353. The Labute approximate surface area is 152 Å². The van der Waals surface area contributed by atoms with Crippen molar-refractivity contribution in [1.82, 2.24) is 10.3 Å². The third kappa shape index (κ3) is 4.41. The van der Waals surface area contributed by atoms with Gasteiger partial charge in [0.15, 0.2) is 12.6 Å². The van der Waals surface area contributed by atoms with Crippen LogP contribution in [-0.4, -0.2) is 23.6 Å². The van der Waals surface area contributed by atoms with Crippen molar-refractivity contribution in [1.29, 1.82) is 0 Å². The number of amides is 1. The van der Waals surface area contributed by atoms with Gasteiger partial charge in [-0.2, -0.15) is 4.39 Å². The zero-order chi connectivity index (χ0) is 19.2. The minimum Gasteiger partial charge on any atom is -0.439 e. The molecule has 0 unspecified atom stereocenters. The Morgan fingerprint density at radius 3 is 2.85 bits per heavy atom. The minimum atomic E-state index is -0.774. The molecular formula is C19H14F3N3O2. The molecule has 1 fully saturated rings. The van der Waals surface area contributed by atoms with Crippen LogP contribution in [0.1, 0.15) is 17.4 Å². The summed E-state index contributed by atoms with van der Waals surface area (Å²) < 4.78 is 45.0. The van der Waals surface area contributed by atoms with Crippen molar-refractivity contribution >= 4 is 18.1 Å². The van der Waals surface area contributed by atoms with E-state index in [9.17, 15) is 18.0 Å². The van der Waals surface area contributed by atoms with Gasteiger partial charge in [0.1, 0.15) is 17.3 Å². The van der Waals surface area contributed by atoms with Crippen LogP contribution < -0.4 is 5.32 Å². The van der Waals surface area contributed by atoms with Crippen molar-refractivity contribution in [2.45, 2.75) is 12.1 Å². The van der Waals surface area contributed by atoms with Gasteiger partial charge in [-0.25, -0.2) is 18.6 Å². The van der Waals surface area contributed by atoms with Crippen molar-refractivity contribution < 1.29 is 22.7 Å². The fourth-order valence-electron chi connectivity index (χ4n) is 2.64. The molecule has 1 aliphatic heterocycles. The molecule has 1 amide bonds. The van der Waals surface area contributed by atoms with Gasteiger partial charge in [-0.05, 0) is 29.8 Å². The summed E-state index contributed by atoms with van der Waals surface area (Å²) in [5.41, 5.74) is 0.604. The van der Waals surface area contributed by atoms with E-state index in [4.69, 9.17) is 4.74 Å². The van der Waals surface area contributed by atoms with Crippen LogP contribution in [0, 0.1) is 11.6 Å². The summed E-state index contributed by atoms with van der Waals surface area (Å²) in [6.45, 7) is 0.0602. The molecule has 1 aliphatic rings. The van der Waals surface area contributed by atoms with E-state index in [-0.39, 0.29) is 17.7 Å². The van der Waals surface area contributed by atoms with E-state index in [0.717, 1.165) is 6.20 Å². The number of benzene rings is 1. The van der Waals surface area contributed by atoms with E-state index in [0.29, 0.717) is 5.56 Å². The van der Waals surface area contributed by atoms with Crippen LogP contribution >= 0.6 is 0 Å². The zero-order valence-corrected chi connectivity index (χ0v) is 13.9. The molecule has 2 atom stereocenters. The van der Waals surface area contributed by atoms with Crippen molar-refractivity contribution in [3.8, 4) is 0 Å². The van der Waals surface area contributed by atoms with Gasteiger partial charge in [0, 0.05) is 18.0 Å². The summed E-state index contributed by atoms with van der Waals surface area (Å²) in [5, 5.41) is 2.58. The van der Waals surface area contributed by atoms with Gasteiger partial charge in [0.25, 0.3) is 0 Å². The van der Waals surface area contributed by atoms with Crippen molar-refractivity contribution in [3.63, 3.8) is 0 Å².